The highest BCUT2D eigenvalue weighted by molar-refractivity contribution is 5.79. The van der Waals surface area contributed by atoms with Crippen LogP contribution in [0.1, 0.15) is 69.5 Å². The van der Waals surface area contributed by atoms with Crippen molar-refractivity contribution in [2.75, 3.05) is 14.1 Å². The van der Waals surface area contributed by atoms with E-state index >= 15 is 0 Å². The molecule has 3 rings (SSSR count). The Morgan fingerprint density at radius 2 is 1.42 bits per heavy atom. The fourth-order valence-electron chi connectivity index (χ4n) is 5.41. The molecule has 2 aromatic rings. The van der Waals surface area contributed by atoms with Crippen LogP contribution in [0.2, 0.25) is 0 Å². The number of hydrogen-bond donors (Lipinski definition) is 0. The minimum absolute atomic E-state index is 0.139. The summed E-state index contributed by atoms with van der Waals surface area (Å²) in [5.41, 5.74) is 2.64. The van der Waals surface area contributed by atoms with Gasteiger partial charge in [-0.1, -0.05) is 74.5 Å². The molecule has 1 amide bonds. The summed E-state index contributed by atoms with van der Waals surface area (Å²) in [6, 6.07) is 22.2. The maximum atomic E-state index is 13.5. The Morgan fingerprint density at radius 1 is 0.871 bits per heavy atom. The molecular formula is C28H40N2O. The molecule has 0 N–H and O–H groups in total. The summed E-state index contributed by atoms with van der Waals surface area (Å²) in [6.45, 7) is 5.03. The largest absolute Gasteiger partial charge is 0.335 e. The summed E-state index contributed by atoms with van der Waals surface area (Å²) in [5, 5.41) is 0. The van der Waals surface area contributed by atoms with Crippen LogP contribution in [0.3, 0.4) is 0 Å². The second-order valence-corrected chi connectivity index (χ2v) is 9.35. The minimum Gasteiger partial charge on any atom is -0.335 e. The molecule has 0 bridgehead atoms. The summed E-state index contributed by atoms with van der Waals surface area (Å²) < 4.78 is 0. The van der Waals surface area contributed by atoms with Crippen molar-refractivity contribution in [2.45, 2.75) is 71.0 Å². The van der Waals surface area contributed by atoms with Crippen LogP contribution in [0.4, 0.5) is 0 Å². The molecule has 1 aliphatic carbocycles. The van der Waals surface area contributed by atoms with E-state index in [4.69, 9.17) is 0 Å². The molecule has 1 unspecified atom stereocenters. The predicted octanol–water partition coefficient (Wildman–Crippen LogP) is 6.31. The van der Waals surface area contributed by atoms with Crippen LogP contribution in [0.5, 0.6) is 0 Å². The van der Waals surface area contributed by atoms with Gasteiger partial charge in [0.05, 0.1) is 0 Å². The quantitative estimate of drug-likeness (QED) is 0.474. The van der Waals surface area contributed by atoms with Crippen molar-refractivity contribution in [1.82, 2.24) is 9.80 Å². The van der Waals surface area contributed by atoms with Crippen molar-refractivity contribution in [1.29, 1.82) is 0 Å². The Balaban J connectivity index is 1.74. The lowest BCUT2D eigenvalue weighted by Gasteiger charge is -2.42. The lowest BCUT2D eigenvalue weighted by atomic mass is 9.78. The van der Waals surface area contributed by atoms with E-state index in [9.17, 15) is 4.79 Å². The van der Waals surface area contributed by atoms with Crippen molar-refractivity contribution < 1.29 is 4.79 Å². The van der Waals surface area contributed by atoms with Gasteiger partial charge in [0.25, 0.3) is 0 Å². The monoisotopic (exact) mass is 420 g/mol. The molecule has 168 valence electrons. The summed E-state index contributed by atoms with van der Waals surface area (Å²) >= 11 is 0. The maximum absolute atomic E-state index is 13.5. The van der Waals surface area contributed by atoms with Gasteiger partial charge >= 0.3 is 0 Å². The van der Waals surface area contributed by atoms with Gasteiger partial charge in [0, 0.05) is 24.5 Å². The van der Waals surface area contributed by atoms with Crippen molar-refractivity contribution in [3.05, 3.63) is 71.8 Å². The molecule has 0 spiro atoms. The van der Waals surface area contributed by atoms with Gasteiger partial charge in [0.1, 0.15) is 0 Å². The summed E-state index contributed by atoms with van der Waals surface area (Å²) in [5.74, 6) is 1.13. The second kappa shape index (κ2) is 11.5. The Kier molecular flexibility index (Phi) is 8.71. The van der Waals surface area contributed by atoms with Crippen molar-refractivity contribution in [2.24, 2.45) is 11.8 Å². The molecule has 1 saturated carbocycles. The summed E-state index contributed by atoms with van der Waals surface area (Å²) in [4.78, 5) is 18.1. The number of amides is 1. The molecule has 2 aromatic carbocycles. The number of carbonyl (C=O) groups excluding carboxylic acids is 1. The van der Waals surface area contributed by atoms with Crippen LogP contribution in [-0.4, -0.2) is 35.8 Å². The first-order valence-electron chi connectivity index (χ1n) is 12.1. The van der Waals surface area contributed by atoms with E-state index in [0.29, 0.717) is 23.9 Å². The third-order valence-electron chi connectivity index (χ3n) is 7.14. The van der Waals surface area contributed by atoms with E-state index in [1.54, 1.807) is 0 Å². The Hall–Kier alpha value is -2.13. The molecule has 0 heterocycles. The van der Waals surface area contributed by atoms with Crippen LogP contribution < -0.4 is 0 Å². The van der Waals surface area contributed by atoms with E-state index in [2.05, 4.69) is 92.3 Å². The van der Waals surface area contributed by atoms with Crippen LogP contribution in [0.25, 0.3) is 0 Å². The highest BCUT2D eigenvalue weighted by atomic mass is 16.2. The Labute approximate surface area is 189 Å². The fourth-order valence-corrected chi connectivity index (χ4v) is 5.41. The van der Waals surface area contributed by atoms with Crippen molar-refractivity contribution in [3.8, 4) is 0 Å². The molecule has 1 fully saturated rings. The summed E-state index contributed by atoms with van der Waals surface area (Å²) in [7, 11) is 4.39. The van der Waals surface area contributed by atoms with Gasteiger partial charge in [-0.2, -0.15) is 0 Å². The van der Waals surface area contributed by atoms with Crippen molar-refractivity contribution in [3.63, 3.8) is 0 Å². The number of rotatable bonds is 9. The van der Waals surface area contributed by atoms with E-state index in [1.807, 2.05) is 6.07 Å². The highest BCUT2D eigenvalue weighted by Gasteiger charge is 2.34. The lowest BCUT2D eigenvalue weighted by Crippen LogP contribution is -2.45. The third-order valence-corrected chi connectivity index (χ3v) is 7.14. The Bertz CT molecular complexity index is 777. The maximum Gasteiger partial charge on any atom is 0.226 e. The molecule has 0 aromatic heterocycles. The van der Waals surface area contributed by atoms with Gasteiger partial charge in [0.2, 0.25) is 5.91 Å². The standard InChI is InChI=1S/C28H40N2O/c1-5-23(6-2)28(31)30(21-22-13-9-7-10-14-22)26-19-17-25(18-20-26)27(29(3)4)24-15-11-8-12-16-24/h7-16,23,25-27H,5-6,17-21H2,1-4H3. The molecule has 1 atom stereocenters. The smallest absolute Gasteiger partial charge is 0.226 e. The SMILES string of the molecule is CCC(CC)C(=O)N(Cc1ccccc1)C1CCC(C(c2ccccc2)N(C)C)CC1. The Morgan fingerprint density at radius 3 is 1.94 bits per heavy atom. The first-order chi connectivity index (χ1) is 15.0. The molecule has 0 radical (unpaired) electrons. The first-order valence-corrected chi connectivity index (χ1v) is 12.1. The normalized spacial score (nSPS) is 20.1. The van der Waals surface area contributed by atoms with Gasteiger partial charge < -0.3 is 9.80 Å². The van der Waals surface area contributed by atoms with Gasteiger partial charge in [-0.25, -0.2) is 0 Å². The van der Waals surface area contributed by atoms with Crippen LogP contribution in [-0.2, 0) is 11.3 Å². The van der Waals surface area contributed by atoms with Gasteiger partial charge in [-0.3, -0.25) is 4.79 Å². The zero-order chi connectivity index (χ0) is 22.2. The van der Waals surface area contributed by atoms with E-state index in [-0.39, 0.29) is 5.92 Å². The predicted molar refractivity (Wildman–Crippen MR) is 130 cm³/mol. The zero-order valence-corrected chi connectivity index (χ0v) is 19.8. The average molecular weight is 421 g/mol. The van der Waals surface area contributed by atoms with Crippen LogP contribution in [0, 0.1) is 11.8 Å². The average Bonchev–Trinajstić information content (AvgIpc) is 2.80. The topological polar surface area (TPSA) is 23.6 Å². The molecule has 3 nitrogen and oxygen atoms in total. The minimum atomic E-state index is 0.139. The number of carbonyl (C=O) groups is 1. The molecule has 0 aliphatic heterocycles. The molecule has 31 heavy (non-hydrogen) atoms. The second-order valence-electron chi connectivity index (χ2n) is 9.35. The highest BCUT2D eigenvalue weighted by Crippen LogP contribution is 2.39. The molecule has 3 heteroatoms. The van der Waals surface area contributed by atoms with Crippen molar-refractivity contribution >= 4 is 5.91 Å². The zero-order valence-electron chi connectivity index (χ0n) is 19.8. The van der Waals surface area contributed by atoms with E-state index < -0.39 is 0 Å². The van der Waals surface area contributed by atoms with E-state index in [0.717, 1.165) is 32.2 Å². The third kappa shape index (κ3) is 5.98. The molecule has 0 saturated heterocycles. The number of hydrogen-bond acceptors (Lipinski definition) is 2. The number of benzene rings is 2. The first kappa shape index (κ1) is 23.5. The van der Waals surface area contributed by atoms with Crippen LogP contribution >= 0.6 is 0 Å². The van der Waals surface area contributed by atoms with Gasteiger partial charge in [0.15, 0.2) is 0 Å². The molecular weight excluding hydrogens is 380 g/mol. The van der Waals surface area contributed by atoms with Crippen LogP contribution in [0.15, 0.2) is 60.7 Å². The molecule has 1 aliphatic rings. The fraction of sp³-hybridized carbons (Fsp3) is 0.536. The lowest BCUT2D eigenvalue weighted by molar-refractivity contribution is -0.140. The summed E-state index contributed by atoms with van der Waals surface area (Å²) in [6.07, 6.45) is 6.38. The number of nitrogens with zero attached hydrogens (tertiary/aromatic N) is 2. The van der Waals surface area contributed by atoms with E-state index in [1.165, 1.54) is 24.0 Å². The van der Waals surface area contributed by atoms with Gasteiger partial charge in [-0.05, 0) is 69.7 Å². The van der Waals surface area contributed by atoms with Gasteiger partial charge in [-0.15, -0.1) is 0 Å².